The van der Waals surface area contributed by atoms with Gasteiger partial charge in [-0.05, 0) is 23.8 Å². The molecule has 1 heterocycles. The highest BCUT2D eigenvalue weighted by atomic mass is 32.1. The summed E-state index contributed by atoms with van der Waals surface area (Å²) in [5.41, 5.74) is 2.91. The number of thiazole rings is 1. The lowest BCUT2D eigenvalue weighted by Gasteiger charge is -2.13. The Morgan fingerprint density at radius 1 is 1.09 bits per heavy atom. The number of para-hydroxylation sites is 1. The van der Waals surface area contributed by atoms with E-state index in [1.54, 1.807) is 11.3 Å². The first kappa shape index (κ1) is 15.4. The maximum atomic E-state index is 12.3. The minimum absolute atomic E-state index is 0.249. The zero-order valence-corrected chi connectivity index (χ0v) is 14.1. The Morgan fingerprint density at radius 3 is 2.59 bits per heavy atom. The average molecular weight is 333 g/mol. The van der Waals surface area contributed by atoms with Crippen molar-refractivity contribution in [3.63, 3.8) is 0 Å². The van der Waals surface area contributed by atoms with Crippen LogP contribution in [0, 0.1) is 0 Å². The summed E-state index contributed by atoms with van der Waals surface area (Å²) >= 11 is 1.65. The number of fused-ring (bicyclic) bond motifs is 1. The number of nitrogens with zero attached hydrogens (tertiary/aromatic N) is 1. The van der Waals surface area contributed by atoms with Crippen LogP contribution in [0.15, 0.2) is 48.5 Å². The van der Waals surface area contributed by atoms with E-state index in [9.17, 15) is 4.57 Å². The van der Waals surface area contributed by atoms with E-state index in [1.165, 1.54) is 14.2 Å². The molecule has 0 aliphatic carbocycles. The van der Waals surface area contributed by atoms with Gasteiger partial charge in [-0.25, -0.2) is 4.98 Å². The van der Waals surface area contributed by atoms with Crippen LogP contribution < -0.4 is 0 Å². The van der Waals surface area contributed by atoms with Gasteiger partial charge in [-0.1, -0.05) is 30.3 Å². The second kappa shape index (κ2) is 6.31. The van der Waals surface area contributed by atoms with Crippen molar-refractivity contribution in [1.82, 2.24) is 4.98 Å². The zero-order chi connectivity index (χ0) is 15.6. The standard InChI is InChI=1S/C16H16NO3PS/c1-19-21(18,20-2)11-12-6-5-7-13(10-12)16-17-14-8-3-4-9-15(14)22-16/h3-10H,11H2,1-2H3. The highest BCUT2D eigenvalue weighted by Gasteiger charge is 2.21. The summed E-state index contributed by atoms with van der Waals surface area (Å²) < 4.78 is 23.4. The number of benzene rings is 2. The third-order valence-corrected chi connectivity index (χ3v) is 6.35. The van der Waals surface area contributed by atoms with Crippen LogP contribution in [-0.2, 0) is 19.8 Å². The highest BCUT2D eigenvalue weighted by Crippen LogP contribution is 2.50. The van der Waals surface area contributed by atoms with Gasteiger partial charge in [-0.2, -0.15) is 0 Å². The molecule has 0 spiro atoms. The van der Waals surface area contributed by atoms with Crippen LogP contribution in [0.5, 0.6) is 0 Å². The number of aromatic nitrogens is 1. The predicted molar refractivity (Wildman–Crippen MR) is 90.4 cm³/mol. The van der Waals surface area contributed by atoms with Gasteiger partial charge in [0.1, 0.15) is 5.01 Å². The van der Waals surface area contributed by atoms with Crippen LogP contribution in [-0.4, -0.2) is 19.2 Å². The Bertz CT molecular complexity index is 805. The Hall–Kier alpha value is -1.52. The van der Waals surface area contributed by atoms with Crippen molar-refractivity contribution >= 4 is 29.1 Å². The molecule has 0 aliphatic rings. The molecule has 4 nitrogen and oxygen atoms in total. The molecule has 0 saturated heterocycles. The van der Waals surface area contributed by atoms with Gasteiger partial charge in [0.2, 0.25) is 0 Å². The molecule has 0 fully saturated rings. The van der Waals surface area contributed by atoms with E-state index in [4.69, 9.17) is 9.05 Å². The second-order valence-electron chi connectivity index (χ2n) is 4.82. The molecule has 3 rings (SSSR count). The maximum absolute atomic E-state index is 12.3. The first-order valence-corrected chi connectivity index (χ1v) is 9.33. The third kappa shape index (κ3) is 3.13. The smallest absolute Gasteiger partial charge is 0.312 e. The van der Waals surface area contributed by atoms with Gasteiger partial charge in [0.05, 0.1) is 16.4 Å². The lowest BCUT2D eigenvalue weighted by molar-refractivity contribution is 0.275. The van der Waals surface area contributed by atoms with Crippen molar-refractivity contribution in [2.45, 2.75) is 6.16 Å². The minimum atomic E-state index is -3.06. The molecule has 0 atom stereocenters. The van der Waals surface area contributed by atoms with Crippen LogP contribution in [0.25, 0.3) is 20.8 Å². The Labute approximate surface area is 133 Å². The summed E-state index contributed by atoms with van der Waals surface area (Å²) in [6.07, 6.45) is 0.249. The molecule has 0 aliphatic heterocycles. The normalized spacial score (nSPS) is 11.9. The topological polar surface area (TPSA) is 48.4 Å². The van der Waals surface area contributed by atoms with Crippen molar-refractivity contribution in [2.75, 3.05) is 14.2 Å². The fraction of sp³-hybridized carbons (Fsp3) is 0.188. The van der Waals surface area contributed by atoms with Crippen molar-refractivity contribution in [1.29, 1.82) is 0 Å². The van der Waals surface area contributed by atoms with Gasteiger partial charge >= 0.3 is 7.60 Å². The van der Waals surface area contributed by atoms with E-state index in [2.05, 4.69) is 11.1 Å². The molecule has 0 saturated carbocycles. The molecular weight excluding hydrogens is 317 g/mol. The predicted octanol–water partition coefficient (Wildman–Crippen LogP) is 4.95. The SMILES string of the molecule is COP(=O)(Cc1cccc(-c2nc3ccccc3s2)c1)OC. The quantitative estimate of drug-likeness (QED) is 0.620. The molecule has 2 aromatic carbocycles. The van der Waals surface area contributed by atoms with Crippen molar-refractivity contribution in [3.8, 4) is 10.6 Å². The maximum Gasteiger partial charge on any atom is 0.334 e. The lowest BCUT2D eigenvalue weighted by atomic mass is 10.1. The van der Waals surface area contributed by atoms with Crippen LogP contribution in [0.1, 0.15) is 5.56 Å². The zero-order valence-electron chi connectivity index (χ0n) is 12.4. The van der Waals surface area contributed by atoms with Gasteiger partial charge < -0.3 is 9.05 Å². The van der Waals surface area contributed by atoms with Gasteiger partial charge in [-0.15, -0.1) is 11.3 Å². The Morgan fingerprint density at radius 2 is 1.86 bits per heavy atom. The van der Waals surface area contributed by atoms with Crippen LogP contribution in [0.2, 0.25) is 0 Å². The van der Waals surface area contributed by atoms with E-state index in [-0.39, 0.29) is 6.16 Å². The van der Waals surface area contributed by atoms with Crippen molar-refractivity contribution in [3.05, 3.63) is 54.1 Å². The van der Waals surface area contributed by atoms with Gasteiger partial charge in [0.15, 0.2) is 0 Å². The second-order valence-corrected chi connectivity index (χ2v) is 8.12. The van der Waals surface area contributed by atoms with Crippen LogP contribution in [0.3, 0.4) is 0 Å². The molecule has 6 heteroatoms. The molecule has 0 N–H and O–H groups in total. The Kier molecular flexibility index (Phi) is 4.41. The number of hydrogen-bond donors (Lipinski definition) is 0. The van der Waals surface area contributed by atoms with E-state index in [1.807, 2.05) is 42.5 Å². The molecular formula is C16H16NO3PS. The van der Waals surface area contributed by atoms with E-state index in [0.29, 0.717) is 0 Å². The average Bonchev–Trinajstić information content (AvgIpc) is 2.99. The van der Waals surface area contributed by atoms with Crippen molar-refractivity contribution < 1.29 is 13.6 Å². The molecule has 0 unspecified atom stereocenters. The molecule has 114 valence electrons. The summed E-state index contributed by atoms with van der Waals surface area (Å²) in [6, 6.07) is 15.9. The highest BCUT2D eigenvalue weighted by molar-refractivity contribution is 7.52. The molecule has 3 aromatic rings. The summed E-state index contributed by atoms with van der Waals surface area (Å²) in [6.45, 7) is 0. The lowest BCUT2D eigenvalue weighted by Crippen LogP contribution is -1.93. The number of hydrogen-bond acceptors (Lipinski definition) is 5. The summed E-state index contributed by atoms with van der Waals surface area (Å²) in [5, 5.41) is 0.952. The third-order valence-electron chi connectivity index (χ3n) is 3.40. The van der Waals surface area contributed by atoms with Crippen molar-refractivity contribution in [2.24, 2.45) is 0 Å². The van der Waals surface area contributed by atoms with Gasteiger partial charge in [0.25, 0.3) is 0 Å². The Balaban J connectivity index is 1.95. The largest absolute Gasteiger partial charge is 0.334 e. The summed E-state index contributed by atoms with van der Waals surface area (Å²) in [5.74, 6) is 0. The minimum Gasteiger partial charge on any atom is -0.312 e. The molecule has 0 radical (unpaired) electrons. The molecule has 0 bridgehead atoms. The fourth-order valence-electron chi connectivity index (χ4n) is 2.23. The van der Waals surface area contributed by atoms with Crippen LogP contribution in [0.4, 0.5) is 0 Å². The van der Waals surface area contributed by atoms with Gasteiger partial charge in [0, 0.05) is 19.8 Å². The molecule has 22 heavy (non-hydrogen) atoms. The summed E-state index contributed by atoms with van der Waals surface area (Å²) in [4.78, 5) is 4.65. The van der Waals surface area contributed by atoms with E-state index in [0.717, 1.165) is 26.4 Å². The monoisotopic (exact) mass is 333 g/mol. The van der Waals surface area contributed by atoms with Crippen LogP contribution >= 0.6 is 18.9 Å². The first-order chi connectivity index (χ1) is 10.6. The van der Waals surface area contributed by atoms with Gasteiger partial charge in [-0.3, -0.25) is 4.57 Å². The molecule has 0 amide bonds. The summed E-state index contributed by atoms with van der Waals surface area (Å²) in [7, 11) is -0.251. The molecule has 1 aromatic heterocycles. The van der Waals surface area contributed by atoms with E-state index < -0.39 is 7.60 Å². The van der Waals surface area contributed by atoms with E-state index >= 15 is 0 Å². The fourth-order valence-corrected chi connectivity index (χ4v) is 4.24. The number of rotatable bonds is 5. The first-order valence-electron chi connectivity index (χ1n) is 6.79.